The van der Waals surface area contributed by atoms with Gasteiger partial charge in [0.05, 0.1) is 23.3 Å². The highest BCUT2D eigenvalue weighted by Gasteiger charge is 2.23. The number of halogens is 1. The number of nitrogens with zero attached hydrogens (tertiary/aromatic N) is 3. The summed E-state index contributed by atoms with van der Waals surface area (Å²) in [6.45, 7) is 3.44. The lowest BCUT2D eigenvalue weighted by molar-refractivity contribution is 0.171. The summed E-state index contributed by atoms with van der Waals surface area (Å²) in [7, 11) is 0. The number of hydrogen-bond acceptors (Lipinski definition) is 5. The molecule has 2 amide bonds. The van der Waals surface area contributed by atoms with Crippen molar-refractivity contribution in [2.45, 2.75) is 32.4 Å². The van der Waals surface area contributed by atoms with Gasteiger partial charge >= 0.3 is 6.03 Å². The first-order chi connectivity index (χ1) is 12.1. The van der Waals surface area contributed by atoms with Crippen LogP contribution < -0.4 is 20.1 Å². The molecule has 1 atom stereocenters. The number of amides is 2. The number of carbonyl (C=O) groups excluding carboxylic acids is 1. The van der Waals surface area contributed by atoms with E-state index in [9.17, 15) is 4.79 Å². The molecule has 2 N–H and O–H groups in total. The zero-order valence-electron chi connectivity index (χ0n) is 13.7. The molecule has 0 bridgehead atoms. The van der Waals surface area contributed by atoms with E-state index in [1.807, 2.05) is 11.6 Å². The van der Waals surface area contributed by atoms with Crippen molar-refractivity contribution in [3.05, 3.63) is 28.8 Å². The van der Waals surface area contributed by atoms with Crippen molar-refractivity contribution in [1.82, 2.24) is 20.1 Å². The quantitative estimate of drug-likeness (QED) is 0.853. The van der Waals surface area contributed by atoms with Crippen LogP contribution in [0.1, 0.15) is 18.1 Å². The fraction of sp³-hybridized carbons (Fsp3) is 0.438. The maximum absolute atomic E-state index is 12.3. The maximum atomic E-state index is 12.3. The molecule has 0 aliphatic carbocycles. The molecule has 1 aromatic heterocycles. The third-order valence-corrected chi connectivity index (χ3v) is 4.49. The van der Waals surface area contributed by atoms with Crippen LogP contribution in [0.2, 0.25) is 5.02 Å². The Hall–Kier alpha value is -2.48. The Morgan fingerprint density at radius 2 is 2.08 bits per heavy atom. The Morgan fingerprint density at radius 1 is 1.32 bits per heavy atom. The van der Waals surface area contributed by atoms with Gasteiger partial charge in [-0.1, -0.05) is 11.6 Å². The third kappa shape index (κ3) is 3.34. The number of rotatable bonds is 2. The summed E-state index contributed by atoms with van der Waals surface area (Å²) in [4.78, 5) is 16.7. The van der Waals surface area contributed by atoms with Gasteiger partial charge in [0.25, 0.3) is 0 Å². The minimum atomic E-state index is -0.316. The SMILES string of the molecule is Cc1nc2n(n1)CC(NC(=O)Nc1cc3c(cc1Cl)OCCO3)CC2. The molecule has 1 aromatic carbocycles. The van der Waals surface area contributed by atoms with E-state index in [4.69, 9.17) is 21.1 Å². The molecule has 0 fully saturated rings. The van der Waals surface area contributed by atoms with Crippen molar-refractivity contribution in [1.29, 1.82) is 0 Å². The summed E-state index contributed by atoms with van der Waals surface area (Å²) in [5, 5.41) is 10.5. The second-order valence-corrected chi connectivity index (χ2v) is 6.47. The normalized spacial score (nSPS) is 18.4. The Labute approximate surface area is 149 Å². The second kappa shape index (κ2) is 6.44. The lowest BCUT2D eigenvalue weighted by atomic mass is 10.1. The predicted molar refractivity (Wildman–Crippen MR) is 91.5 cm³/mol. The number of anilines is 1. The average molecular weight is 364 g/mol. The van der Waals surface area contributed by atoms with E-state index in [-0.39, 0.29) is 12.1 Å². The highest BCUT2D eigenvalue weighted by Crippen LogP contribution is 2.37. The van der Waals surface area contributed by atoms with Crippen LogP contribution in [0.3, 0.4) is 0 Å². The number of carbonyl (C=O) groups is 1. The predicted octanol–water partition coefficient (Wildman–Crippen LogP) is 2.15. The van der Waals surface area contributed by atoms with E-state index in [1.165, 1.54) is 0 Å². The highest BCUT2D eigenvalue weighted by molar-refractivity contribution is 6.34. The number of nitrogens with one attached hydrogen (secondary N) is 2. The molecule has 2 aliphatic rings. The van der Waals surface area contributed by atoms with E-state index in [2.05, 4.69) is 20.7 Å². The fourth-order valence-corrected chi connectivity index (χ4v) is 3.26. The van der Waals surface area contributed by atoms with Crippen molar-refractivity contribution in [3.63, 3.8) is 0 Å². The number of urea groups is 1. The molecule has 0 radical (unpaired) electrons. The largest absolute Gasteiger partial charge is 0.486 e. The molecule has 1 unspecified atom stereocenters. The lowest BCUT2D eigenvalue weighted by Crippen LogP contribution is -2.43. The van der Waals surface area contributed by atoms with Crippen molar-refractivity contribution in [3.8, 4) is 11.5 Å². The monoisotopic (exact) mass is 363 g/mol. The van der Waals surface area contributed by atoms with Crippen molar-refractivity contribution in [2.24, 2.45) is 0 Å². The fourth-order valence-electron chi connectivity index (χ4n) is 3.06. The molecule has 2 aromatic rings. The second-order valence-electron chi connectivity index (χ2n) is 6.07. The van der Waals surface area contributed by atoms with Gasteiger partial charge in [-0.25, -0.2) is 14.5 Å². The van der Waals surface area contributed by atoms with E-state index in [0.29, 0.717) is 42.0 Å². The number of aryl methyl sites for hydroxylation is 2. The molecule has 25 heavy (non-hydrogen) atoms. The van der Waals surface area contributed by atoms with Gasteiger partial charge in [-0.3, -0.25) is 0 Å². The molecule has 132 valence electrons. The van der Waals surface area contributed by atoms with Gasteiger partial charge in [-0.15, -0.1) is 0 Å². The Morgan fingerprint density at radius 3 is 2.88 bits per heavy atom. The van der Waals surface area contributed by atoms with E-state index in [0.717, 1.165) is 24.5 Å². The summed E-state index contributed by atoms with van der Waals surface area (Å²) in [6, 6.07) is 3.00. The number of hydrogen-bond donors (Lipinski definition) is 2. The molecule has 0 saturated carbocycles. The maximum Gasteiger partial charge on any atom is 0.319 e. The van der Waals surface area contributed by atoms with Crippen LogP contribution in [-0.4, -0.2) is 40.1 Å². The van der Waals surface area contributed by atoms with E-state index < -0.39 is 0 Å². The van der Waals surface area contributed by atoms with Gasteiger partial charge < -0.3 is 20.1 Å². The van der Waals surface area contributed by atoms with Crippen molar-refractivity contribution >= 4 is 23.3 Å². The van der Waals surface area contributed by atoms with Crippen molar-refractivity contribution < 1.29 is 14.3 Å². The van der Waals surface area contributed by atoms with Gasteiger partial charge in [0.1, 0.15) is 24.9 Å². The molecule has 3 heterocycles. The smallest absolute Gasteiger partial charge is 0.319 e. The summed E-state index contributed by atoms with van der Waals surface area (Å²) in [5.74, 6) is 2.88. The van der Waals surface area contributed by atoms with Crippen LogP contribution >= 0.6 is 11.6 Å². The first-order valence-electron chi connectivity index (χ1n) is 8.15. The molecular weight excluding hydrogens is 346 g/mol. The summed E-state index contributed by atoms with van der Waals surface area (Å²) >= 11 is 6.22. The highest BCUT2D eigenvalue weighted by atomic mass is 35.5. The molecule has 0 saturated heterocycles. The number of ether oxygens (including phenoxy) is 2. The molecule has 0 spiro atoms. The van der Waals surface area contributed by atoms with E-state index in [1.54, 1.807) is 12.1 Å². The Balaban J connectivity index is 1.41. The summed E-state index contributed by atoms with van der Waals surface area (Å²) in [6.07, 6.45) is 1.61. The zero-order chi connectivity index (χ0) is 17.4. The van der Waals surface area contributed by atoms with Crippen LogP contribution in [0.5, 0.6) is 11.5 Å². The first-order valence-corrected chi connectivity index (χ1v) is 8.53. The molecule has 9 heteroatoms. The van der Waals surface area contributed by atoms with Gasteiger partial charge in [-0.05, 0) is 13.3 Å². The molecule has 8 nitrogen and oxygen atoms in total. The van der Waals surface area contributed by atoms with Gasteiger partial charge in [0.2, 0.25) is 0 Å². The Kier molecular flexibility index (Phi) is 4.12. The van der Waals surface area contributed by atoms with Crippen molar-refractivity contribution in [2.75, 3.05) is 18.5 Å². The van der Waals surface area contributed by atoms with Crippen LogP contribution in [0.25, 0.3) is 0 Å². The molecular formula is C16H18ClN5O3. The van der Waals surface area contributed by atoms with Crippen LogP contribution in [0.15, 0.2) is 12.1 Å². The van der Waals surface area contributed by atoms with Gasteiger partial charge in [0.15, 0.2) is 11.5 Å². The standard InChI is InChI=1S/C16H18ClN5O3/c1-9-18-15-3-2-10(8-22(15)21-9)19-16(23)20-12-7-14-13(6-11(12)17)24-4-5-25-14/h6-7,10H,2-5,8H2,1H3,(H2,19,20,23). The number of benzene rings is 1. The molecule has 2 aliphatic heterocycles. The summed E-state index contributed by atoms with van der Waals surface area (Å²) in [5.41, 5.74) is 0.483. The van der Waals surface area contributed by atoms with Crippen LogP contribution in [0.4, 0.5) is 10.5 Å². The topological polar surface area (TPSA) is 90.3 Å². The zero-order valence-corrected chi connectivity index (χ0v) is 14.5. The van der Waals surface area contributed by atoms with E-state index >= 15 is 0 Å². The lowest BCUT2D eigenvalue weighted by Gasteiger charge is -2.24. The minimum Gasteiger partial charge on any atom is -0.486 e. The van der Waals surface area contributed by atoms with Gasteiger partial charge in [-0.2, -0.15) is 5.10 Å². The van der Waals surface area contributed by atoms with Crippen LogP contribution in [-0.2, 0) is 13.0 Å². The number of fused-ring (bicyclic) bond motifs is 2. The minimum absolute atomic E-state index is 0.00964. The third-order valence-electron chi connectivity index (χ3n) is 4.18. The summed E-state index contributed by atoms with van der Waals surface area (Å²) < 4.78 is 12.8. The van der Waals surface area contributed by atoms with Gasteiger partial charge in [0, 0.05) is 18.6 Å². The van der Waals surface area contributed by atoms with Crippen LogP contribution in [0, 0.1) is 6.92 Å². The Bertz CT molecular complexity index is 822. The molecule has 4 rings (SSSR count). The first kappa shape index (κ1) is 16.0. The number of aromatic nitrogens is 3. The average Bonchev–Trinajstić information content (AvgIpc) is 2.95.